The molecule has 0 saturated carbocycles. The summed E-state index contributed by atoms with van der Waals surface area (Å²) < 4.78 is 49.5. The Morgan fingerprint density at radius 2 is 1.63 bits per heavy atom. The molecule has 0 saturated heterocycles. The van der Waals surface area contributed by atoms with Gasteiger partial charge in [0, 0.05) is 24.2 Å². The van der Waals surface area contributed by atoms with E-state index in [4.69, 9.17) is 9.47 Å². The summed E-state index contributed by atoms with van der Waals surface area (Å²) in [6.45, 7) is 0. The first-order valence-electron chi connectivity index (χ1n) is 7.63. The van der Waals surface area contributed by atoms with E-state index in [9.17, 15) is 13.2 Å². The van der Waals surface area contributed by atoms with Gasteiger partial charge < -0.3 is 14.4 Å². The molecule has 0 aliphatic heterocycles. The van der Waals surface area contributed by atoms with E-state index in [1.54, 1.807) is 30.1 Å². The van der Waals surface area contributed by atoms with E-state index in [1.165, 1.54) is 26.6 Å². The zero-order valence-electron chi connectivity index (χ0n) is 14.7. The van der Waals surface area contributed by atoms with Crippen LogP contribution in [0.1, 0.15) is 5.56 Å². The first kappa shape index (κ1) is 20.6. The summed E-state index contributed by atoms with van der Waals surface area (Å²) in [6.07, 6.45) is -3.06. The maximum atomic E-state index is 13.0. The van der Waals surface area contributed by atoms with Gasteiger partial charge in [-0.3, -0.25) is 0 Å². The molecule has 0 bridgehead atoms. The Bertz CT molecular complexity index is 951. The van der Waals surface area contributed by atoms with Crippen molar-refractivity contribution >= 4 is 34.8 Å². The minimum absolute atomic E-state index is 0. The van der Waals surface area contributed by atoms with Crippen LogP contribution in [0.3, 0.4) is 0 Å². The van der Waals surface area contributed by atoms with Crippen molar-refractivity contribution in [3.8, 4) is 11.5 Å². The number of aromatic nitrogens is 2. The number of hydrogen-bond donors (Lipinski definition) is 0. The van der Waals surface area contributed by atoms with Crippen LogP contribution in [0.25, 0.3) is 10.9 Å². The standard InChI is InChI=1S/C18H16F3N3O2.ClH/c1-24(12-6-4-5-11(7-12)18(19,20)21)17-13-8-15(25-2)16(26-3)9-14(13)22-10-23-17;/h4-10H,1-3H3;1H. The number of rotatable bonds is 4. The molecule has 144 valence electrons. The molecule has 3 aromatic rings. The van der Waals surface area contributed by atoms with Gasteiger partial charge in [-0.15, -0.1) is 12.4 Å². The zero-order valence-corrected chi connectivity index (χ0v) is 15.6. The second kappa shape index (κ2) is 7.87. The smallest absolute Gasteiger partial charge is 0.416 e. The van der Waals surface area contributed by atoms with Crippen LogP contribution in [0.4, 0.5) is 24.7 Å². The molecule has 0 unspecified atom stereocenters. The third-order valence-electron chi connectivity index (χ3n) is 4.00. The van der Waals surface area contributed by atoms with Crippen LogP contribution in [0, 0.1) is 0 Å². The van der Waals surface area contributed by atoms with Crippen LogP contribution in [0.2, 0.25) is 0 Å². The molecule has 0 fully saturated rings. The molecular weight excluding hydrogens is 383 g/mol. The lowest BCUT2D eigenvalue weighted by molar-refractivity contribution is -0.137. The molecule has 0 N–H and O–H groups in total. The summed E-state index contributed by atoms with van der Waals surface area (Å²) in [5.74, 6) is 1.44. The third-order valence-corrected chi connectivity index (χ3v) is 4.00. The summed E-state index contributed by atoms with van der Waals surface area (Å²) in [5, 5.41) is 0.630. The number of nitrogens with zero attached hydrogens (tertiary/aromatic N) is 3. The molecule has 2 aromatic carbocycles. The molecule has 0 aliphatic carbocycles. The first-order valence-corrected chi connectivity index (χ1v) is 7.63. The number of benzene rings is 2. The van der Waals surface area contributed by atoms with Crippen LogP contribution >= 0.6 is 12.4 Å². The molecule has 0 amide bonds. The number of ether oxygens (including phenoxy) is 2. The second-order valence-corrected chi connectivity index (χ2v) is 5.53. The molecule has 1 heterocycles. The first-order chi connectivity index (χ1) is 12.3. The van der Waals surface area contributed by atoms with E-state index in [0.717, 1.165) is 12.1 Å². The van der Waals surface area contributed by atoms with E-state index >= 15 is 0 Å². The fourth-order valence-electron chi connectivity index (χ4n) is 2.65. The molecule has 27 heavy (non-hydrogen) atoms. The maximum Gasteiger partial charge on any atom is 0.416 e. The molecular formula is C18H17ClF3N3O2. The van der Waals surface area contributed by atoms with Gasteiger partial charge in [-0.05, 0) is 24.3 Å². The molecule has 3 rings (SSSR count). The van der Waals surface area contributed by atoms with Gasteiger partial charge in [0.15, 0.2) is 11.5 Å². The highest BCUT2D eigenvalue weighted by molar-refractivity contribution is 5.93. The summed E-state index contributed by atoms with van der Waals surface area (Å²) >= 11 is 0. The van der Waals surface area contributed by atoms with E-state index in [0.29, 0.717) is 33.9 Å². The number of methoxy groups -OCH3 is 2. The topological polar surface area (TPSA) is 47.5 Å². The highest BCUT2D eigenvalue weighted by Gasteiger charge is 2.30. The van der Waals surface area contributed by atoms with Crippen molar-refractivity contribution in [1.29, 1.82) is 0 Å². The van der Waals surface area contributed by atoms with Gasteiger partial charge in [-0.1, -0.05) is 6.07 Å². The quantitative estimate of drug-likeness (QED) is 0.627. The van der Waals surface area contributed by atoms with Crippen LogP contribution < -0.4 is 14.4 Å². The summed E-state index contributed by atoms with van der Waals surface area (Å²) in [4.78, 5) is 10.0. The van der Waals surface area contributed by atoms with Crippen molar-refractivity contribution in [2.24, 2.45) is 0 Å². The van der Waals surface area contributed by atoms with Crippen molar-refractivity contribution in [3.63, 3.8) is 0 Å². The van der Waals surface area contributed by atoms with E-state index in [1.807, 2.05) is 0 Å². The molecule has 0 spiro atoms. The average Bonchev–Trinajstić information content (AvgIpc) is 2.65. The maximum absolute atomic E-state index is 13.0. The largest absolute Gasteiger partial charge is 0.493 e. The monoisotopic (exact) mass is 399 g/mol. The van der Waals surface area contributed by atoms with Crippen LogP contribution in [0.15, 0.2) is 42.7 Å². The fourth-order valence-corrected chi connectivity index (χ4v) is 2.65. The minimum Gasteiger partial charge on any atom is -0.493 e. The predicted octanol–water partition coefficient (Wildman–Crippen LogP) is 4.86. The minimum atomic E-state index is -4.42. The molecule has 5 nitrogen and oxygen atoms in total. The number of anilines is 2. The second-order valence-electron chi connectivity index (χ2n) is 5.53. The fraction of sp³-hybridized carbons (Fsp3) is 0.222. The van der Waals surface area contributed by atoms with Crippen molar-refractivity contribution in [2.75, 3.05) is 26.2 Å². The normalized spacial score (nSPS) is 11.0. The number of halogens is 4. The number of alkyl halides is 3. The summed E-state index contributed by atoms with van der Waals surface area (Å²) in [6, 6.07) is 8.45. The number of fused-ring (bicyclic) bond motifs is 1. The zero-order chi connectivity index (χ0) is 18.9. The average molecular weight is 400 g/mol. The molecule has 1 aromatic heterocycles. The number of hydrogen-bond acceptors (Lipinski definition) is 5. The van der Waals surface area contributed by atoms with Crippen LogP contribution in [-0.4, -0.2) is 31.2 Å². The van der Waals surface area contributed by atoms with Crippen molar-refractivity contribution in [3.05, 3.63) is 48.3 Å². The summed E-state index contributed by atoms with van der Waals surface area (Å²) in [7, 11) is 4.66. The predicted molar refractivity (Wildman–Crippen MR) is 99.4 cm³/mol. The van der Waals surface area contributed by atoms with Crippen LogP contribution in [0.5, 0.6) is 11.5 Å². The van der Waals surface area contributed by atoms with Gasteiger partial charge in [-0.2, -0.15) is 13.2 Å². The Labute approximate surface area is 160 Å². The van der Waals surface area contributed by atoms with Crippen molar-refractivity contribution < 1.29 is 22.6 Å². The molecule has 0 radical (unpaired) electrons. The van der Waals surface area contributed by atoms with Crippen molar-refractivity contribution in [1.82, 2.24) is 9.97 Å². The Balaban J connectivity index is 0.00000261. The van der Waals surface area contributed by atoms with Gasteiger partial charge in [-0.25, -0.2) is 9.97 Å². The lowest BCUT2D eigenvalue weighted by Gasteiger charge is -2.21. The molecule has 0 atom stereocenters. The Kier molecular flexibility index (Phi) is 6.00. The van der Waals surface area contributed by atoms with Gasteiger partial charge in [0.05, 0.1) is 25.3 Å². The Morgan fingerprint density at radius 3 is 2.26 bits per heavy atom. The van der Waals surface area contributed by atoms with Gasteiger partial charge in [0.2, 0.25) is 0 Å². The molecule has 0 aliphatic rings. The van der Waals surface area contributed by atoms with E-state index in [-0.39, 0.29) is 12.4 Å². The summed E-state index contributed by atoms with van der Waals surface area (Å²) in [5.41, 5.74) is 0.223. The third kappa shape index (κ3) is 4.00. The lowest BCUT2D eigenvalue weighted by Crippen LogP contribution is -2.14. The van der Waals surface area contributed by atoms with Crippen molar-refractivity contribution in [2.45, 2.75) is 6.18 Å². The molecule has 9 heteroatoms. The highest BCUT2D eigenvalue weighted by atomic mass is 35.5. The van der Waals surface area contributed by atoms with Gasteiger partial charge >= 0.3 is 6.18 Å². The van der Waals surface area contributed by atoms with E-state index in [2.05, 4.69) is 9.97 Å². The highest BCUT2D eigenvalue weighted by Crippen LogP contribution is 2.37. The Morgan fingerprint density at radius 1 is 0.963 bits per heavy atom. The lowest BCUT2D eigenvalue weighted by atomic mass is 10.1. The SMILES string of the molecule is COc1cc2ncnc(N(C)c3cccc(C(F)(F)F)c3)c2cc1OC.Cl. The van der Waals surface area contributed by atoms with E-state index < -0.39 is 11.7 Å². The van der Waals surface area contributed by atoms with Crippen LogP contribution in [-0.2, 0) is 6.18 Å². The van der Waals surface area contributed by atoms with Gasteiger partial charge in [0.1, 0.15) is 12.1 Å². The van der Waals surface area contributed by atoms with Gasteiger partial charge in [0.25, 0.3) is 0 Å². The Hall–Kier alpha value is -2.74.